The minimum absolute atomic E-state index is 0.0389. The molecule has 0 saturated carbocycles. The molecule has 0 spiro atoms. The van der Waals surface area contributed by atoms with Crippen LogP contribution < -0.4 is 10.6 Å². The normalized spacial score (nSPS) is 23.0. The Labute approximate surface area is 122 Å². The summed E-state index contributed by atoms with van der Waals surface area (Å²) in [5.74, 6) is 0. The maximum atomic E-state index is 9.60. The zero-order chi connectivity index (χ0) is 14.2. The van der Waals surface area contributed by atoms with Crippen LogP contribution in [0.3, 0.4) is 0 Å². The van der Waals surface area contributed by atoms with Gasteiger partial charge in [-0.15, -0.1) is 0 Å². The average molecular weight is 276 g/mol. The molecule has 2 rings (SSSR count). The summed E-state index contributed by atoms with van der Waals surface area (Å²) in [6.07, 6.45) is 6.41. The van der Waals surface area contributed by atoms with Crippen molar-refractivity contribution in [2.24, 2.45) is 0 Å². The molecule has 3 heteroatoms. The molecule has 3 unspecified atom stereocenters. The number of aliphatic hydroxyl groups is 1. The van der Waals surface area contributed by atoms with E-state index in [4.69, 9.17) is 0 Å². The zero-order valence-electron chi connectivity index (χ0n) is 12.5. The maximum absolute atomic E-state index is 9.60. The van der Waals surface area contributed by atoms with Crippen LogP contribution in [0.15, 0.2) is 30.3 Å². The summed E-state index contributed by atoms with van der Waals surface area (Å²) in [7, 11) is 0. The van der Waals surface area contributed by atoms with Crippen LogP contribution in [0.1, 0.15) is 50.6 Å². The van der Waals surface area contributed by atoms with Gasteiger partial charge in [-0.2, -0.15) is 0 Å². The molecule has 112 valence electrons. The van der Waals surface area contributed by atoms with Gasteiger partial charge in [-0.05, 0) is 38.3 Å². The number of hydrogen-bond donors (Lipinski definition) is 3. The van der Waals surface area contributed by atoms with Crippen molar-refractivity contribution in [3.63, 3.8) is 0 Å². The van der Waals surface area contributed by atoms with Gasteiger partial charge in [0.05, 0.1) is 12.6 Å². The minimum Gasteiger partial charge on any atom is -0.394 e. The number of rotatable bonds is 6. The van der Waals surface area contributed by atoms with Gasteiger partial charge in [0.15, 0.2) is 0 Å². The third-order valence-corrected chi connectivity index (χ3v) is 4.17. The minimum atomic E-state index is 0.0389. The van der Waals surface area contributed by atoms with Crippen LogP contribution in [0.5, 0.6) is 0 Å². The smallest absolute Gasteiger partial charge is 0.0626 e. The van der Waals surface area contributed by atoms with Crippen molar-refractivity contribution in [1.29, 1.82) is 0 Å². The van der Waals surface area contributed by atoms with Gasteiger partial charge in [-0.25, -0.2) is 0 Å². The van der Waals surface area contributed by atoms with Gasteiger partial charge < -0.3 is 15.7 Å². The molecule has 1 saturated heterocycles. The second-order valence-corrected chi connectivity index (χ2v) is 5.95. The first-order valence-corrected chi connectivity index (χ1v) is 7.95. The first-order chi connectivity index (χ1) is 9.79. The Kier molecular flexibility index (Phi) is 6.51. The highest BCUT2D eigenvalue weighted by Crippen LogP contribution is 2.16. The summed E-state index contributed by atoms with van der Waals surface area (Å²) < 4.78 is 0. The summed E-state index contributed by atoms with van der Waals surface area (Å²) in [4.78, 5) is 0. The van der Waals surface area contributed by atoms with Crippen LogP contribution in [0, 0.1) is 0 Å². The third-order valence-electron chi connectivity index (χ3n) is 4.17. The third kappa shape index (κ3) is 4.89. The standard InChI is InChI=1S/C17H28N2O/c1-14(12-16-10-6-3-7-11-18-16)19-17(13-20)15-8-4-2-5-9-15/h2,4-5,8-9,14,16-20H,3,6-7,10-13H2,1H3. The van der Waals surface area contributed by atoms with Gasteiger partial charge >= 0.3 is 0 Å². The second-order valence-electron chi connectivity index (χ2n) is 5.95. The van der Waals surface area contributed by atoms with Gasteiger partial charge in [0.25, 0.3) is 0 Å². The highest BCUT2D eigenvalue weighted by Gasteiger charge is 2.18. The molecule has 0 amide bonds. The first-order valence-electron chi connectivity index (χ1n) is 7.95. The zero-order valence-corrected chi connectivity index (χ0v) is 12.5. The van der Waals surface area contributed by atoms with Gasteiger partial charge in [-0.3, -0.25) is 0 Å². The van der Waals surface area contributed by atoms with Crippen molar-refractivity contribution in [3.05, 3.63) is 35.9 Å². The molecule has 0 bridgehead atoms. The maximum Gasteiger partial charge on any atom is 0.0626 e. The Morgan fingerprint density at radius 3 is 2.80 bits per heavy atom. The molecule has 3 N–H and O–H groups in total. The largest absolute Gasteiger partial charge is 0.394 e. The van der Waals surface area contributed by atoms with Crippen LogP contribution >= 0.6 is 0 Å². The van der Waals surface area contributed by atoms with Gasteiger partial charge in [0.2, 0.25) is 0 Å². The van der Waals surface area contributed by atoms with E-state index in [1.54, 1.807) is 0 Å². The van der Waals surface area contributed by atoms with E-state index in [1.807, 2.05) is 18.2 Å². The number of benzene rings is 1. The number of nitrogens with one attached hydrogen (secondary N) is 2. The molecule has 1 heterocycles. The van der Waals surface area contributed by atoms with E-state index in [0.29, 0.717) is 12.1 Å². The summed E-state index contributed by atoms with van der Waals surface area (Å²) in [5, 5.41) is 16.8. The van der Waals surface area contributed by atoms with Crippen molar-refractivity contribution >= 4 is 0 Å². The van der Waals surface area contributed by atoms with Crippen LogP contribution in [0.25, 0.3) is 0 Å². The highest BCUT2D eigenvalue weighted by molar-refractivity contribution is 5.19. The lowest BCUT2D eigenvalue weighted by atomic mass is 10.0. The van der Waals surface area contributed by atoms with E-state index in [9.17, 15) is 5.11 Å². The van der Waals surface area contributed by atoms with Gasteiger partial charge in [0.1, 0.15) is 0 Å². The quantitative estimate of drug-likeness (QED) is 0.748. The fourth-order valence-electron chi connectivity index (χ4n) is 3.08. The molecule has 0 aliphatic carbocycles. The van der Waals surface area contributed by atoms with Crippen molar-refractivity contribution < 1.29 is 5.11 Å². The fraction of sp³-hybridized carbons (Fsp3) is 0.647. The monoisotopic (exact) mass is 276 g/mol. The Hall–Kier alpha value is -0.900. The van der Waals surface area contributed by atoms with E-state index >= 15 is 0 Å². The Balaban J connectivity index is 1.84. The van der Waals surface area contributed by atoms with E-state index < -0.39 is 0 Å². The van der Waals surface area contributed by atoms with Crippen LogP contribution in [0.4, 0.5) is 0 Å². The van der Waals surface area contributed by atoms with E-state index in [2.05, 4.69) is 29.7 Å². The number of aliphatic hydroxyl groups excluding tert-OH is 1. The van der Waals surface area contributed by atoms with E-state index in [-0.39, 0.29) is 12.6 Å². The summed E-state index contributed by atoms with van der Waals surface area (Å²) in [6.45, 7) is 3.52. The van der Waals surface area contributed by atoms with Crippen LogP contribution in [-0.2, 0) is 0 Å². The van der Waals surface area contributed by atoms with E-state index in [0.717, 1.165) is 18.5 Å². The molecular formula is C17H28N2O. The van der Waals surface area contributed by atoms with Gasteiger partial charge in [-0.1, -0.05) is 43.2 Å². The van der Waals surface area contributed by atoms with Crippen molar-refractivity contribution in [2.75, 3.05) is 13.2 Å². The molecule has 3 nitrogen and oxygen atoms in total. The summed E-state index contributed by atoms with van der Waals surface area (Å²) in [5.41, 5.74) is 1.16. The molecule has 1 fully saturated rings. The fourth-order valence-corrected chi connectivity index (χ4v) is 3.08. The Bertz CT molecular complexity index is 361. The van der Waals surface area contributed by atoms with E-state index in [1.165, 1.54) is 25.7 Å². The molecule has 3 atom stereocenters. The van der Waals surface area contributed by atoms with Crippen molar-refractivity contribution in [3.8, 4) is 0 Å². The molecule has 1 aliphatic rings. The molecule has 20 heavy (non-hydrogen) atoms. The lowest BCUT2D eigenvalue weighted by molar-refractivity contribution is 0.229. The van der Waals surface area contributed by atoms with Gasteiger partial charge in [0, 0.05) is 12.1 Å². The molecular weight excluding hydrogens is 248 g/mol. The second kappa shape index (κ2) is 8.40. The Morgan fingerprint density at radius 2 is 2.05 bits per heavy atom. The average Bonchev–Trinajstić information content (AvgIpc) is 2.74. The lowest BCUT2D eigenvalue weighted by Crippen LogP contribution is -2.39. The molecule has 0 radical (unpaired) electrons. The summed E-state index contributed by atoms with van der Waals surface area (Å²) in [6, 6.07) is 11.3. The van der Waals surface area contributed by atoms with Crippen LogP contribution in [-0.4, -0.2) is 30.3 Å². The van der Waals surface area contributed by atoms with Crippen molar-refractivity contribution in [1.82, 2.24) is 10.6 Å². The topological polar surface area (TPSA) is 44.3 Å². The summed E-state index contributed by atoms with van der Waals surface area (Å²) >= 11 is 0. The number of hydrogen-bond acceptors (Lipinski definition) is 3. The first kappa shape index (κ1) is 15.5. The molecule has 1 aromatic rings. The molecule has 1 aromatic carbocycles. The Morgan fingerprint density at radius 1 is 1.25 bits per heavy atom. The molecule has 1 aliphatic heterocycles. The SMILES string of the molecule is CC(CC1CCCCCN1)NC(CO)c1ccccc1. The predicted molar refractivity (Wildman–Crippen MR) is 83.7 cm³/mol. The predicted octanol–water partition coefficient (Wildman–Crippen LogP) is 2.62. The highest BCUT2D eigenvalue weighted by atomic mass is 16.3. The van der Waals surface area contributed by atoms with Crippen LogP contribution in [0.2, 0.25) is 0 Å². The molecule has 0 aromatic heterocycles. The lowest BCUT2D eigenvalue weighted by Gasteiger charge is -2.26. The van der Waals surface area contributed by atoms with Crippen molar-refractivity contribution in [2.45, 2.75) is 57.2 Å².